The van der Waals surface area contributed by atoms with E-state index in [-0.39, 0.29) is 0 Å². The zero-order valence-electron chi connectivity index (χ0n) is 9.13. The standard InChI is InChI=1S/C11H16ClN3/c1-8-6-9(7-14-11(8)12)15-5-3-4-10(15)13-2/h6-7,10,13H,3-5H2,1-2H3. The van der Waals surface area contributed by atoms with E-state index in [4.69, 9.17) is 11.6 Å². The third-order valence-corrected chi connectivity index (χ3v) is 3.31. The second-order valence-electron chi connectivity index (χ2n) is 3.94. The molecule has 0 bridgehead atoms. The van der Waals surface area contributed by atoms with Crippen LogP contribution in [0.5, 0.6) is 0 Å². The number of aromatic nitrogens is 1. The summed E-state index contributed by atoms with van der Waals surface area (Å²) in [5.74, 6) is 0. The van der Waals surface area contributed by atoms with Crippen molar-refractivity contribution in [2.75, 3.05) is 18.5 Å². The van der Waals surface area contributed by atoms with E-state index in [2.05, 4.69) is 21.3 Å². The third-order valence-electron chi connectivity index (χ3n) is 2.92. The van der Waals surface area contributed by atoms with Crippen molar-refractivity contribution in [2.45, 2.75) is 25.9 Å². The third kappa shape index (κ3) is 2.08. The van der Waals surface area contributed by atoms with Crippen molar-refractivity contribution < 1.29 is 0 Å². The second-order valence-corrected chi connectivity index (χ2v) is 4.30. The first-order chi connectivity index (χ1) is 7.22. The van der Waals surface area contributed by atoms with Crippen molar-refractivity contribution in [1.82, 2.24) is 10.3 Å². The lowest BCUT2D eigenvalue weighted by Gasteiger charge is -2.26. The van der Waals surface area contributed by atoms with Gasteiger partial charge in [0.1, 0.15) is 5.15 Å². The second kappa shape index (κ2) is 4.37. The molecule has 0 aromatic carbocycles. The fourth-order valence-corrected chi connectivity index (χ4v) is 2.18. The smallest absolute Gasteiger partial charge is 0.132 e. The number of hydrogen-bond donors (Lipinski definition) is 1. The molecule has 0 aliphatic carbocycles. The minimum atomic E-state index is 0.437. The van der Waals surface area contributed by atoms with Crippen LogP contribution in [0.25, 0.3) is 0 Å². The molecule has 1 aliphatic heterocycles. The van der Waals surface area contributed by atoms with Gasteiger partial charge in [0.15, 0.2) is 0 Å². The highest BCUT2D eigenvalue weighted by molar-refractivity contribution is 6.30. The fraction of sp³-hybridized carbons (Fsp3) is 0.545. The Morgan fingerprint density at radius 3 is 3.07 bits per heavy atom. The lowest BCUT2D eigenvalue weighted by atomic mass is 10.2. The normalized spacial score (nSPS) is 21.0. The number of halogens is 1. The van der Waals surface area contributed by atoms with E-state index in [1.165, 1.54) is 12.8 Å². The summed E-state index contributed by atoms with van der Waals surface area (Å²) in [5, 5.41) is 3.91. The number of anilines is 1. The van der Waals surface area contributed by atoms with Crippen LogP contribution >= 0.6 is 11.6 Å². The van der Waals surface area contributed by atoms with Crippen LogP contribution in [-0.2, 0) is 0 Å². The molecule has 1 fully saturated rings. The van der Waals surface area contributed by atoms with Crippen molar-refractivity contribution in [3.8, 4) is 0 Å². The van der Waals surface area contributed by atoms with Gasteiger partial charge in [0.05, 0.1) is 18.1 Å². The van der Waals surface area contributed by atoms with Crippen LogP contribution in [0.15, 0.2) is 12.3 Å². The van der Waals surface area contributed by atoms with Crippen LogP contribution < -0.4 is 10.2 Å². The SMILES string of the molecule is CNC1CCCN1c1cnc(Cl)c(C)c1. The first-order valence-corrected chi connectivity index (χ1v) is 5.66. The van der Waals surface area contributed by atoms with Gasteiger partial charge in [-0.25, -0.2) is 4.98 Å². The van der Waals surface area contributed by atoms with E-state index in [0.29, 0.717) is 11.3 Å². The summed E-state index contributed by atoms with van der Waals surface area (Å²) < 4.78 is 0. The van der Waals surface area contributed by atoms with Gasteiger partial charge in [-0.2, -0.15) is 0 Å². The van der Waals surface area contributed by atoms with Gasteiger partial charge in [0.2, 0.25) is 0 Å². The predicted molar refractivity (Wildman–Crippen MR) is 63.4 cm³/mol. The van der Waals surface area contributed by atoms with Crippen molar-refractivity contribution in [2.24, 2.45) is 0 Å². The van der Waals surface area contributed by atoms with Crippen LogP contribution in [0.4, 0.5) is 5.69 Å². The van der Waals surface area contributed by atoms with Crippen LogP contribution in [-0.4, -0.2) is 24.7 Å². The molecule has 1 atom stereocenters. The van der Waals surface area contributed by atoms with Crippen LogP contribution in [0.2, 0.25) is 5.15 Å². The molecule has 0 radical (unpaired) electrons. The van der Waals surface area contributed by atoms with E-state index < -0.39 is 0 Å². The maximum absolute atomic E-state index is 5.91. The minimum absolute atomic E-state index is 0.437. The zero-order chi connectivity index (χ0) is 10.8. The highest BCUT2D eigenvalue weighted by Crippen LogP contribution is 2.25. The Balaban J connectivity index is 2.25. The van der Waals surface area contributed by atoms with Gasteiger partial charge in [-0.1, -0.05) is 11.6 Å². The summed E-state index contributed by atoms with van der Waals surface area (Å²) in [7, 11) is 2.00. The lowest BCUT2D eigenvalue weighted by molar-refractivity contribution is 0.582. The zero-order valence-corrected chi connectivity index (χ0v) is 9.88. The predicted octanol–water partition coefficient (Wildman–Crippen LogP) is 2.19. The quantitative estimate of drug-likeness (QED) is 0.783. The largest absolute Gasteiger partial charge is 0.355 e. The molecule has 1 saturated heterocycles. The highest BCUT2D eigenvalue weighted by Gasteiger charge is 2.23. The van der Waals surface area contributed by atoms with E-state index in [0.717, 1.165) is 17.8 Å². The lowest BCUT2D eigenvalue weighted by Crippen LogP contribution is -2.39. The van der Waals surface area contributed by atoms with Gasteiger partial charge in [0.25, 0.3) is 0 Å². The van der Waals surface area contributed by atoms with E-state index in [9.17, 15) is 0 Å². The molecule has 1 unspecified atom stereocenters. The highest BCUT2D eigenvalue weighted by atomic mass is 35.5. The molecule has 2 heterocycles. The molecule has 1 aromatic rings. The molecule has 15 heavy (non-hydrogen) atoms. The minimum Gasteiger partial charge on any atom is -0.355 e. The van der Waals surface area contributed by atoms with Gasteiger partial charge in [0, 0.05) is 6.54 Å². The Morgan fingerprint density at radius 1 is 1.60 bits per heavy atom. The maximum atomic E-state index is 5.91. The van der Waals surface area contributed by atoms with Crippen molar-refractivity contribution in [1.29, 1.82) is 0 Å². The monoisotopic (exact) mass is 225 g/mol. The molecule has 3 nitrogen and oxygen atoms in total. The Morgan fingerprint density at radius 2 is 2.40 bits per heavy atom. The Labute approximate surface area is 95.4 Å². The summed E-state index contributed by atoms with van der Waals surface area (Å²) in [6, 6.07) is 2.10. The van der Waals surface area contributed by atoms with Gasteiger partial charge in [-0.05, 0) is 38.4 Å². The van der Waals surface area contributed by atoms with Gasteiger partial charge in [-0.15, -0.1) is 0 Å². The van der Waals surface area contributed by atoms with Crippen LogP contribution in [0.1, 0.15) is 18.4 Å². The number of nitrogens with zero attached hydrogens (tertiary/aromatic N) is 2. The van der Waals surface area contributed by atoms with Gasteiger partial charge >= 0.3 is 0 Å². The van der Waals surface area contributed by atoms with Crippen molar-refractivity contribution in [3.05, 3.63) is 23.0 Å². The number of nitrogens with one attached hydrogen (secondary N) is 1. The number of aryl methyl sites for hydroxylation is 1. The molecular formula is C11H16ClN3. The van der Waals surface area contributed by atoms with E-state index in [1.807, 2.05) is 20.2 Å². The first-order valence-electron chi connectivity index (χ1n) is 5.28. The molecule has 1 aliphatic rings. The maximum Gasteiger partial charge on any atom is 0.132 e. The topological polar surface area (TPSA) is 28.2 Å². The molecule has 0 saturated carbocycles. The van der Waals surface area contributed by atoms with Crippen LogP contribution in [0.3, 0.4) is 0 Å². The average molecular weight is 226 g/mol. The summed E-state index contributed by atoms with van der Waals surface area (Å²) in [6.45, 7) is 3.08. The summed E-state index contributed by atoms with van der Waals surface area (Å²) in [6.07, 6.45) is 4.71. The Kier molecular flexibility index (Phi) is 3.12. The summed E-state index contributed by atoms with van der Waals surface area (Å²) >= 11 is 5.91. The molecule has 4 heteroatoms. The Hall–Kier alpha value is -0.800. The molecule has 2 rings (SSSR count). The van der Waals surface area contributed by atoms with Gasteiger partial charge < -0.3 is 10.2 Å². The molecule has 82 valence electrons. The van der Waals surface area contributed by atoms with Gasteiger partial charge in [-0.3, -0.25) is 0 Å². The number of rotatable bonds is 2. The van der Waals surface area contributed by atoms with E-state index in [1.54, 1.807) is 0 Å². The average Bonchev–Trinajstić information content (AvgIpc) is 2.70. The summed E-state index contributed by atoms with van der Waals surface area (Å²) in [4.78, 5) is 6.53. The van der Waals surface area contributed by atoms with E-state index >= 15 is 0 Å². The fourth-order valence-electron chi connectivity index (χ4n) is 2.08. The van der Waals surface area contributed by atoms with Crippen molar-refractivity contribution >= 4 is 17.3 Å². The molecule has 0 amide bonds. The Bertz CT molecular complexity index is 354. The van der Waals surface area contributed by atoms with Crippen molar-refractivity contribution in [3.63, 3.8) is 0 Å². The molecular weight excluding hydrogens is 210 g/mol. The molecule has 1 N–H and O–H groups in total. The molecule has 1 aromatic heterocycles. The summed E-state index contributed by atoms with van der Waals surface area (Å²) in [5.41, 5.74) is 2.20. The molecule has 0 spiro atoms. The number of pyridine rings is 1. The number of hydrogen-bond acceptors (Lipinski definition) is 3. The van der Waals surface area contributed by atoms with Crippen LogP contribution in [0, 0.1) is 6.92 Å². The first kappa shape index (κ1) is 10.7.